The number of aliphatic hydroxyl groups is 1. The van der Waals surface area contributed by atoms with Crippen LogP contribution in [0.4, 0.5) is 0 Å². The lowest BCUT2D eigenvalue weighted by atomic mass is 9.75. The van der Waals surface area contributed by atoms with E-state index in [0.29, 0.717) is 5.92 Å². The molecule has 4 heteroatoms. The maximum absolute atomic E-state index is 12.4. The summed E-state index contributed by atoms with van der Waals surface area (Å²) in [5, 5.41) is 13.5. The van der Waals surface area contributed by atoms with Crippen LogP contribution in [0.1, 0.15) is 17.5 Å². The number of carbonyl (C=O) groups is 1. The first kappa shape index (κ1) is 11.3. The Balaban J connectivity index is 1.71. The molecule has 2 saturated carbocycles. The Morgan fingerprint density at radius 2 is 2.25 bits per heavy atom. The van der Waals surface area contributed by atoms with E-state index in [-0.39, 0.29) is 29.8 Å². The van der Waals surface area contributed by atoms with Crippen LogP contribution in [0.3, 0.4) is 0 Å². The van der Waals surface area contributed by atoms with Crippen LogP contribution in [0.5, 0.6) is 0 Å². The number of aliphatic hydroxyl groups excluding tert-OH is 1. The fourth-order valence-electron chi connectivity index (χ4n) is 5.28. The molecule has 0 aromatic heterocycles. The third-order valence-electron chi connectivity index (χ3n) is 5.90. The highest BCUT2D eigenvalue weighted by atomic mass is 16.5. The summed E-state index contributed by atoms with van der Waals surface area (Å²) in [6.07, 6.45) is 0.351. The molecule has 2 aliphatic heterocycles. The predicted octanol–water partition coefficient (Wildman–Crippen LogP) is 0.919. The van der Waals surface area contributed by atoms with Gasteiger partial charge < -0.3 is 15.2 Å². The molecule has 2 saturated heterocycles. The van der Waals surface area contributed by atoms with E-state index >= 15 is 0 Å². The average Bonchev–Trinajstić information content (AvgIpc) is 3.07. The molecule has 4 nitrogen and oxygen atoms in total. The number of fused-ring (bicyclic) bond motifs is 2. The highest BCUT2D eigenvalue weighted by Crippen LogP contribution is 2.67. The van der Waals surface area contributed by atoms with Gasteiger partial charge in [-0.3, -0.25) is 4.79 Å². The molecule has 1 aromatic rings. The molecule has 4 aliphatic rings. The monoisotopic (exact) mass is 271 g/mol. The van der Waals surface area contributed by atoms with Gasteiger partial charge in [0.05, 0.1) is 18.1 Å². The highest BCUT2D eigenvalue weighted by molar-refractivity contribution is 5.84. The number of amides is 1. The highest BCUT2D eigenvalue weighted by Gasteiger charge is 2.76. The van der Waals surface area contributed by atoms with Crippen LogP contribution in [0.15, 0.2) is 24.3 Å². The minimum Gasteiger partial charge on any atom is -0.390 e. The lowest BCUT2D eigenvalue weighted by Crippen LogP contribution is -2.45. The molecule has 2 N–H and O–H groups in total. The number of aryl methyl sites for hydroxylation is 1. The van der Waals surface area contributed by atoms with Crippen molar-refractivity contribution in [2.75, 3.05) is 0 Å². The minimum atomic E-state index is -0.699. The van der Waals surface area contributed by atoms with Crippen molar-refractivity contribution < 1.29 is 14.6 Å². The van der Waals surface area contributed by atoms with Gasteiger partial charge in [0, 0.05) is 11.5 Å². The molecule has 2 bridgehead atoms. The first-order valence-electron chi connectivity index (χ1n) is 7.37. The zero-order chi connectivity index (χ0) is 13.6. The number of benzene rings is 1. The SMILES string of the molecule is Cc1cccc([C@]23NC(=O)[C@@H]4[C@H]5C[C@@H]([C@H](O2)[C@@H]5O)[C@H]43)c1. The smallest absolute Gasteiger partial charge is 0.226 e. The van der Waals surface area contributed by atoms with E-state index in [1.807, 2.05) is 25.1 Å². The first-order valence-corrected chi connectivity index (χ1v) is 7.37. The van der Waals surface area contributed by atoms with Gasteiger partial charge in [0.2, 0.25) is 5.91 Å². The lowest BCUT2D eigenvalue weighted by molar-refractivity contribution is -0.141. The van der Waals surface area contributed by atoms with Crippen molar-refractivity contribution in [1.82, 2.24) is 5.32 Å². The Morgan fingerprint density at radius 3 is 3.05 bits per heavy atom. The average molecular weight is 271 g/mol. The number of hydrogen-bond donors (Lipinski definition) is 2. The Labute approximate surface area is 117 Å². The Hall–Kier alpha value is -1.39. The molecule has 20 heavy (non-hydrogen) atoms. The largest absolute Gasteiger partial charge is 0.390 e. The normalized spacial score (nSPS) is 50.8. The van der Waals surface area contributed by atoms with E-state index in [4.69, 9.17) is 4.74 Å². The maximum atomic E-state index is 12.4. The Kier molecular flexibility index (Phi) is 1.84. The van der Waals surface area contributed by atoms with Gasteiger partial charge in [-0.15, -0.1) is 0 Å². The molecular formula is C16H17NO3. The van der Waals surface area contributed by atoms with Gasteiger partial charge in [-0.25, -0.2) is 0 Å². The number of nitrogens with one attached hydrogen (secondary N) is 1. The summed E-state index contributed by atoms with van der Waals surface area (Å²) in [5.41, 5.74) is 1.49. The van der Waals surface area contributed by atoms with Gasteiger partial charge >= 0.3 is 0 Å². The number of carbonyl (C=O) groups excluding carboxylic acids is 1. The summed E-state index contributed by atoms with van der Waals surface area (Å²) >= 11 is 0. The van der Waals surface area contributed by atoms with Gasteiger partial charge in [0.15, 0.2) is 5.72 Å². The van der Waals surface area contributed by atoms with E-state index in [9.17, 15) is 9.90 Å². The fourth-order valence-corrected chi connectivity index (χ4v) is 5.28. The van der Waals surface area contributed by atoms with Gasteiger partial charge in [-0.05, 0) is 25.2 Å². The van der Waals surface area contributed by atoms with Gasteiger partial charge in [-0.2, -0.15) is 0 Å². The quantitative estimate of drug-likeness (QED) is 0.798. The van der Waals surface area contributed by atoms with Crippen molar-refractivity contribution in [3.63, 3.8) is 0 Å². The molecule has 7 atom stereocenters. The Morgan fingerprint density at radius 1 is 1.40 bits per heavy atom. The second-order valence-electron chi connectivity index (χ2n) is 6.78. The third-order valence-corrected chi connectivity index (χ3v) is 5.90. The van der Waals surface area contributed by atoms with Gasteiger partial charge in [0.1, 0.15) is 0 Å². The molecule has 4 fully saturated rings. The third kappa shape index (κ3) is 1.03. The van der Waals surface area contributed by atoms with Crippen LogP contribution >= 0.6 is 0 Å². The van der Waals surface area contributed by atoms with Crippen molar-refractivity contribution >= 4 is 5.91 Å². The summed E-state index contributed by atoms with van der Waals surface area (Å²) in [7, 11) is 0. The molecule has 5 rings (SSSR count). The zero-order valence-electron chi connectivity index (χ0n) is 11.2. The first-order chi connectivity index (χ1) is 9.62. The molecule has 104 valence electrons. The summed E-state index contributed by atoms with van der Waals surface area (Å²) in [5.74, 6) is 0.578. The van der Waals surface area contributed by atoms with E-state index in [1.54, 1.807) is 0 Å². The van der Waals surface area contributed by atoms with Crippen molar-refractivity contribution in [2.24, 2.45) is 23.7 Å². The summed E-state index contributed by atoms with van der Waals surface area (Å²) < 4.78 is 6.26. The fraction of sp³-hybridized carbons (Fsp3) is 0.562. The van der Waals surface area contributed by atoms with E-state index in [2.05, 4.69) is 11.4 Å². The van der Waals surface area contributed by atoms with Gasteiger partial charge in [-0.1, -0.05) is 29.8 Å². The Bertz CT molecular complexity index is 630. The summed E-state index contributed by atoms with van der Waals surface area (Å²) in [4.78, 5) is 12.4. The zero-order valence-corrected chi connectivity index (χ0v) is 11.2. The maximum Gasteiger partial charge on any atom is 0.226 e. The molecule has 2 aliphatic carbocycles. The second kappa shape index (κ2) is 3.26. The molecule has 2 heterocycles. The topological polar surface area (TPSA) is 58.6 Å². The molecule has 1 amide bonds. The van der Waals surface area contributed by atoms with Crippen molar-refractivity contribution in [2.45, 2.75) is 31.3 Å². The van der Waals surface area contributed by atoms with Crippen molar-refractivity contribution in [1.29, 1.82) is 0 Å². The number of hydrogen-bond acceptors (Lipinski definition) is 3. The van der Waals surface area contributed by atoms with Crippen molar-refractivity contribution in [3.05, 3.63) is 35.4 Å². The predicted molar refractivity (Wildman–Crippen MR) is 70.5 cm³/mol. The molecular weight excluding hydrogens is 254 g/mol. The van der Waals surface area contributed by atoms with Crippen LogP contribution in [0, 0.1) is 30.6 Å². The standard InChI is InChI=1S/C16H17NO3/c1-7-3-2-4-8(5-7)16-12-10-6-9(11(12)15(19)17-16)13(18)14(10)20-16/h2-5,9-14,18H,6H2,1H3,(H,17,19)/t9-,10-,11-,12-,13-,14+,16+/m1/s1. The molecule has 1 aromatic carbocycles. The second-order valence-corrected chi connectivity index (χ2v) is 6.78. The minimum absolute atomic E-state index is 0.0567. The van der Waals surface area contributed by atoms with Crippen molar-refractivity contribution in [3.8, 4) is 0 Å². The van der Waals surface area contributed by atoms with Crippen LogP contribution in [0.2, 0.25) is 0 Å². The van der Waals surface area contributed by atoms with E-state index < -0.39 is 11.8 Å². The van der Waals surface area contributed by atoms with Crippen LogP contribution < -0.4 is 5.32 Å². The molecule has 0 unspecified atom stereocenters. The van der Waals surface area contributed by atoms with E-state index in [0.717, 1.165) is 17.5 Å². The molecule has 0 radical (unpaired) electrons. The summed E-state index contributed by atoms with van der Waals surface area (Å²) in [6, 6.07) is 8.17. The van der Waals surface area contributed by atoms with Crippen LogP contribution in [-0.2, 0) is 15.3 Å². The van der Waals surface area contributed by atoms with Crippen LogP contribution in [-0.4, -0.2) is 23.2 Å². The summed E-state index contributed by atoms with van der Waals surface area (Å²) in [6.45, 7) is 2.05. The molecule has 0 spiro atoms. The van der Waals surface area contributed by atoms with E-state index in [1.165, 1.54) is 0 Å². The van der Waals surface area contributed by atoms with Gasteiger partial charge in [0.25, 0.3) is 0 Å². The van der Waals surface area contributed by atoms with Crippen LogP contribution in [0.25, 0.3) is 0 Å². The number of ether oxygens (including phenoxy) is 1. The lowest BCUT2D eigenvalue weighted by Gasteiger charge is -2.30. The number of rotatable bonds is 1.